The van der Waals surface area contributed by atoms with E-state index in [9.17, 15) is 0 Å². The number of allylic oxidation sites excluding steroid dienone is 5. The van der Waals surface area contributed by atoms with Gasteiger partial charge >= 0.3 is 0 Å². The van der Waals surface area contributed by atoms with Crippen molar-refractivity contribution in [2.75, 3.05) is 20.1 Å². The first-order valence-corrected chi connectivity index (χ1v) is 11.2. The van der Waals surface area contributed by atoms with Crippen LogP contribution in [0.15, 0.2) is 71.9 Å². The molecule has 0 aromatic heterocycles. The Morgan fingerprint density at radius 1 is 1.03 bits per heavy atom. The zero-order chi connectivity index (χ0) is 22.4. The van der Waals surface area contributed by atoms with Gasteiger partial charge < -0.3 is 4.90 Å². The number of benzene rings is 2. The molecule has 0 spiro atoms. The number of hydrogen-bond donors (Lipinski definition) is 0. The Labute approximate surface area is 184 Å². The van der Waals surface area contributed by atoms with Crippen molar-refractivity contribution < 1.29 is 0 Å². The van der Waals surface area contributed by atoms with E-state index in [2.05, 4.69) is 97.0 Å². The Bertz CT molecular complexity index is 1000. The highest BCUT2D eigenvalue weighted by Gasteiger charge is 2.15. The maximum absolute atomic E-state index is 4.33. The second-order valence-electron chi connectivity index (χ2n) is 8.48. The van der Waals surface area contributed by atoms with Crippen LogP contribution in [0.5, 0.6) is 0 Å². The molecule has 160 valence electrons. The Morgan fingerprint density at radius 2 is 1.73 bits per heavy atom. The number of fused-ring (bicyclic) bond motifs is 1. The van der Waals surface area contributed by atoms with E-state index in [1.165, 1.54) is 56.2 Å². The summed E-state index contributed by atoms with van der Waals surface area (Å²) in [5, 5.41) is 2.71. The lowest BCUT2D eigenvalue weighted by molar-refractivity contribution is 0.362. The second-order valence-corrected chi connectivity index (χ2v) is 8.48. The number of nitrogens with zero attached hydrogens (tertiary/aromatic N) is 1. The Hall–Kier alpha value is -2.38. The first-order chi connectivity index (χ1) is 14.3. The Kier molecular flexibility index (Phi) is 8.43. The van der Waals surface area contributed by atoms with E-state index in [0.29, 0.717) is 0 Å². The average Bonchev–Trinajstić information content (AvgIpc) is 2.73. The fourth-order valence-corrected chi connectivity index (χ4v) is 4.49. The van der Waals surface area contributed by atoms with Crippen molar-refractivity contribution >= 4 is 16.3 Å². The van der Waals surface area contributed by atoms with Crippen LogP contribution >= 0.6 is 0 Å². The lowest BCUT2D eigenvalue weighted by Crippen LogP contribution is -2.21. The van der Waals surface area contributed by atoms with E-state index >= 15 is 0 Å². The van der Waals surface area contributed by atoms with Crippen molar-refractivity contribution in [2.24, 2.45) is 0 Å². The van der Waals surface area contributed by atoms with Gasteiger partial charge in [0.2, 0.25) is 0 Å². The van der Waals surface area contributed by atoms with Gasteiger partial charge in [-0.15, -0.1) is 0 Å². The number of rotatable bonds is 9. The van der Waals surface area contributed by atoms with Gasteiger partial charge in [-0.25, -0.2) is 0 Å². The van der Waals surface area contributed by atoms with Crippen LogP contribution in [0.25, 0.3) is 16.3 Å². The van der Waals surface area contributed by atoms with Gasteiger partial charge in [-0.2, -0.15) is 0 Å². The Balaban J connectivity index is 2.68. The molecule has 0 N–H and O–H groups in total. The Morgan fingerprint density at radius 3 is 2.33 bits per heavy atom. The molecule has 30 heavy (non-hydrogen) atoms. The van der Waals surface area contributed by atoms with Crippen molar-refractivity contribution in [3.05, 3.63) is 88.5 Å². The molecule has 0 bridgehead atoms. The van der Waals surface area contributed by atoms with Crippen LogP contribution in [-0.2, 0) is 6.42 Å². The highest BCUT2D eigenvalue weighted by molar-refractivity contribution is 5.93. The van der Waals surface area contributed by atoms with Gasteiger partial charge in [-0.3, -0.25) is 0 Å². The summed E-state index contributed by atoms with van der Waals surface area (Å²) in [6, 6.07) is 11.2. The summed E-state index contributed by atoms with van der Waals surface area (Å²) in [7, 11) is 2.19. The molecule has 0 saturated heterocycles. The fraction of sp³-hybridized carbons (Fsp3) is 0.379. The zero-order valence-corrected chi connectivity index (χ0v) is 20.2. The monoisotopic (exact) mass is 401 g/mol. The first kappa shape index (κ1) is 23.9. The third-order valence-electron chi connectivity index (χ3n) is 6.28. The highest BCUT2D eigenvalue weighted by atomic mass is 15.1. The fourth-order valence-electron chi connectivity index (χ4n) is 4.49. The largest absolute Gasteiger partial charge is 0.302 e. The van der Waals surface area contributed by atoms with E-state index in [0.717, 1.165) is 25.1 Å². The summed E-state index contributed by atoms with van der Waals surface area (Å²) in [6.45, 7) is 23.8. The molecule has 0 saturated carbocycles. The lowest BCUT2D eigenvalue weighted by atomic mass is 9.86. The average molecular weight is 402 g/mol. The van der Waals surface area contributed by atoms with Crippen LogP contribution < -0.4 is 0 Å². The van der Waals surface area contributed by atoms with Crippen molar-refractivity contribution in [3.63, 3.8) is 0 Å². The summed E-state index contributed by atoms with van der Waals surface area (Å²) in [4.78, 5) is 2.38. The standard InChI is InChI=1S/C29H39N/c1-10-18-30(9)19-21(5)22(6)29(20(4)11-2)24(8)26-16-17-28-25(12-3)14-13-15-27(28)23(26)7/h11,13-17H,2,4,10,12,18-19H2,1,3,5-9H3/b22-21+,29-24+. The minimum Gasteiger partial charge on any atom is -0.302 e. The topological polar surface area (TPSA) is 3.24 Å². The van der Waals surface area contributed by atoms with Gasteiger partial charge in [0.05, 0.1) is 0 Å². The van der Waals surface area contributed by atoms with Crippen LogP contribution in [0.2, 0.25) is 0 Å². The molecule has 0 unspecified atom stereocenters. The third kappa shape index (κ3) is 5.02. The van der Waals surface area contributed by atoms with Crippen LogP contribution in [-0.4, -0.2) is 25.0 Å². The normalized spacial score (nSPS) is 13.3. The summed E-state index contributed by atoms with van der Waals surface area (Å²) >= 11 is 0. The smallest absolute Gasteiger partial charge is 0.0192 e. The minimum absolute atomic E-state index is 0.970. The number of likely N-dealkylation sites (N-methyl/N-ethyl adjacent to an activating group) is 1. The molecule has 0 aliphatic carbocycles. The molecule has 0 radical (unpaired) electrons. The van der Waals surface area contributed by atoms with Gasteiger partial charge in [0.1, 0.15) is 0 Å². The lowest BCUT2D eigenvalue weighted by Gasteiger charge is -2.22. The predicted octanol–water partition coefficient (Wildman–Crippen LogP) is 7.90. The molecule has 0 aliphatic heterocycles. The summed E-state index contributed by atoms with van der Waals surface area (Å²) in [5.41, 5.74) is 10.2. The predicted molar refractivity (Wildman–Crippen MR) is 136 cm³/mol. The van der Waals surface area contributed by atoms with Crippen molar-refractivity contribution in [1.82, 2.24) is 4.90 Å². The quantitative estimate of drug-likeness (QED) is 0.386. The van der Waals surface area contributed by atoms with E-state index in [1.54, 1.807) is 0 Å². The molecule has 2 aromatic rings. The van der Waals surface area contributed by atoms with Gasteiger partial charge in [-0.1, -0.05) is 69.0 Å². The minimum atomic E-state index is 0.970. The van der Waals surface area contributed by atoms with Crippen molar-refractivity contribution in [2.45, 2.75) is 54.4 Å². The van der Waals surface area contributed by atoms with E-state index in [-0.39, 0.29) is 0 Å². The molecule has 0 aliphatic rings. The third-order valence-corrected chi connectivity index (χ3v) is 6.28. The molecule has 0 atom stereocenters. The molecule has 1 heteroatoms. The first-order valence-electron chi connectivity index (χ1n) is 11.2. The van der Waals surface area contributed by atoms with E-state index < -0.39 is 0 Å². The van der Waals surface area contributed by atoms with Gasteiger partial charge in [0.25, 0.3) is 0 Å². The second kappa shape index (κ2) is 10.6. The maximum atomic E-state index is 4.33. The van der Waals surface area contributed by atoms with Crippen LogP contribution in [0.1, 0.15) is 57.7 Å². The van der Waals surface area contributed by atoms with Crippen molar-refractivity contribution in [1.29, 1.82) is 0 Å². The summed E-state index contributed by atoms with van der Waals surface area (Å²) < 4.78 is 0. The van der Waals surface area contributed by atoms with E-state index in [4.69, 9.17) is 0 Å². The summed E-state index contributed by atoms with van der Waals surface area (Å²) in [6.07, 6.45) is 4.10. The van der Waals surface area contributed by atoms with Gasteiger partial charge in [0.15, 0.2) is 0 Å². The number of hydrogen-bond acceptors (Lipinski definition) is 1. The molecule has 0 heterocycles. The van der Waals surface area contributed by atoms with Gasteiger partial charge in [-0.05, 0) is 104 Å². The summed E-state index contributed by atoms with van der Waals surface area (Å²) in [5.74, 6) is 0. The van der Waals surface area contributed by atoms with Crippen LogP contribution in [0.4, 0.5) is 0 Å². The maximum Gasteiger partial charge on any atom is 0.0192 e. The van der Waals surface area contributed by atoms with E-state index in [1.807, 2.05) is 6.08 Å². The van der Waals surface area contributed by atoms with Gasteiger partial charge in [0, 0.05) is 6.54 Å². The molecule has 0 amide bonds. The molecular formula is C29H39N. The van der Waals surface area contributed by atoms with Crippen molar-refractivity contribution in [3.8, 4) is 0 Å². The molecule has 2 aromatic carbocycles. The molecule has 2 rings (SSSR count). The molecule has 0 fully saturated rings. The molecule has 1 nitrogen and oxygen atoms in total. The van der Waals surface area contributed by atoms with Crippen LogP contribution in [0, 0.1) is 6.92 Å². The van der Waals surface area contributed by atoms with Crippen LogP contribution in [0.3, 0.4) is 0 Å². The zero-order valence-electron chi connectivity index (χ0n) is 20.2. The SMILES string of the molecule is C=CC(=C)C(/C(C)=C(\C)CN(C)CCC)=C(/C)c1ccc2c(CC)cccc2c1C. The number of aryl methyl sites for hydroxylation is 2. The molecular weight excluding hydrogens is 362 g/mol. The highest BCUT2D eigenvalue weighted by Crippen LogP contribution is 2.35.